The van der Waals surface area contributed by atoms with E-state index in [1.165, 1.54) is 30.3 Å². The van der Waals surface area contributed by atoms with E-state index in [4.69, 9.17) is 0 Å². The lowest BCUT2D eigenvalue weighted by molar-refractivity contribution is 0.102. The molecule has 1 saturated heterocycles. The fourth-order valence-corrected chi connectivity index (χ4v) is 4.61. The summed E-state index contributed by atoms with van der Waals surface area (Å²) in [6.45, 7) is 8.13. The number of nitrogens with one attached hydrogen (secondary N) is 1. The molecule has 35 heavy (non-hydrogen) atoms. The average Bonchev–Trinajstić information content (AvgIpc) is 3.46. The number of para-hydroxylation sites is 1. The molecule has 3 heterocycles. The smallest absolute Gasteiger partial charge is 0.276 e. The van der Waals surface area contributed by atoms with Gasteiger partial charge in [-0.3, -0.25) is 14.3 Å². The van der Waals surface area contributed by atoms with Gasteiger partial charge in [0.05, 0.1) is 23.1 Å². The molecule has 0 radical (unpaired) electrons. The van der Waals surface area contributed by atoms with Crippen LogP contribution in [0.15, 0.2) is 59.5 Å². The third kappa shape index (κ3) is 4.18. The van der Waals surface area contributed by atoms with E-state index < -0.39 is 17.3 Å². The number of carbonyl (C=O) groups excluding carboxylic acids is 1. The average molecular weight is 475 g/mol. The van der Waals surface area contributed by atoms with Gasteiger partial charge in [-0.2, -0.15) is 14.9 Å². The highest BCUT2D eigenvalue weighted by Gasteiger charge is 2.26. The van der Waals surface area contributed by atoms with E-state index >= 15 is 0 Å². The van der Waals surface area contributed by atoms with Crippen molar-refractivity contribution in [2.24, 2.45) is 5.92 Å². The minimum Gasteiger partial charge on any atom is -0.369 e. The predicted octanol–water partition coefficient (Wildman–Crippen LogP) is 4.40. The molecule has 5 rings (SSSR count). The van der Waals surface area contributed by atoms with E-state index in [1.54, 1.807) is 6.07 Å². The van der Waals surface area contributed by atoms with Gasteiger partial charge in [0, 0.05) is 30.6 Å². The van der Waals surface area contributed by atoms with Gasteiger partial charge in [0.2, 0.25) is 0 Å². The van der Waals surface area contributed by atoms with Crippen LogP contribution in [0.2, 0.25) is 0 Å². The highest BCUT2D eigenvalue weighted by molar-refractivity contribution is 6.08. The van der Waals surface area contributed by atoms with Gasteiger partial charge in [-0.25, -0.2) is 4.39 Å². The van der Waals surface area contributed by atoms with E-state index in [1.807, 2.05) is 23.0 Å². The van der Waals surface area contributed by atoms with Crippen LogP contribution in [0.4, 0.5) is 15.8 Å². The largest absolute Gasteiger partial charge is 0.369 e. The monoisotopic (exact) mass is 474 g/mol. The number of hydrogen-bond acceptors (Lipinski definition) is 5. The van der Waals surface area contributed by atoms with Crippen LogP contribution in [0.3, 0.4) is 0 Å². The first-order valence-corrected chi connectivity index (χ1v) is 11.8. The molecule has 1 aliphatic rings. The number of nitrogens with zero attached hydrogens (tertiary/aromatic N) is 5. The summed E-state index contributed by atoms with van der Waals surface area (Å²) in [6, 6.07) is 12.4. The number of fused-ring (bicyclic) bond motifs is 1. The molecule has 8 nitrogen and oxygen atoms in total. The summed E-state index contributed by atoms with van der Waals surface area (Å²) in [4.78, 5) is 27.9. The summed E-state index contributed by atoms with van der Waals surface area (Å²) in [5.74, 6) is -0.545. The van der Waals surface area contributed by atoms with Crippen molar-refractivity contribution in [3.05, 3.63) is 76.6 Å². The molecule has 2 aromatic carbocycles. The summed E-state index contributed by atoms with van der Waals surface area (Å²) in [5.41, 5.74) is 2.03. The number of amides is 1. The van der Waals surface area contributed by atoms with Crippen molar-refractivity contribution >= 4 is 28.2 Å². The molecule has 1 N–H and O–H groups in total. The number of aromatic nitrogens is 4. The van der Waals surface area contributed by atoms with Crippen molar-refractivity contribution in [2.45, 2.75) is 33.2 Å². The van der Waals surface area contributed by atoms with Gasteiger partial charge >= 0.3 is 0 Å². The van der Waals surface area contributed by atoms with Crippen molar-refractivity contribution in [1.29, 1.82) is 0 Å². The highest BCUT2D eigenvalue weighted by Crippen LogP contribution is 2.38. The van der Waals surface area contributed by atoms with Crippen LogP contribution in [0, 0.1) is 11.7 Å². The lowest BCUT2D eigenvalue weighted by atomic mass is 10.1. The van der Waals surface area contributed by atoms with Gasteiger partial charge in [0.15, 0.2) is 0 Å². The Kier molecular flexibility index (Phi) is 5.84. The maximum absolute atomic E-state index is 14.3. The summed E-state index contributed by atoms with van der Waals surface area (Å²) >= 11 is 0. The first-order valence-electron chi connectivity index (χ1n) is 11.8. The number of carbonyl (C=O) groups is 1. The minimum atomic E-state index is -0.599. The van der Waals surface area contributed by atoms with Crippen molar-refractivity contribution in [3.8, 4) is 5.69 Å². The van der Waals surface area contributed by atoms with Crippen LogP contribution in [-0.2, 0) is 0 Å². The number of rotatable bonds is 5. The molecule has 0 saturated carbocycles. The lowest BCUT2D eigenvalue weighted by Crippen LogP contribution is -2.26. The zero-order valence-electron chi connectivity index (χ0n) is 19.9. The predicted molar refractivity (Wildman–Crippen MR) is 134 cm³/mol. The Morgan fingerprint density at radius 1 is 1.14 bits per heavy atom. The van der Waals surface area contributed by atoms with Crippen LogP contribution < -0.4 is 15.8 Å². The SMILES string of the molecule is CC(C)n1ncc2c(N3CC[C@H](C)C3)c(NC(=O)c3ccc(=O)n(-c4ccccc4F)n3)ccc21. The molecule has 9 heteroatoms. The van der Waals surface area contributed by atoms with Crippen molar-refractivity contribution in [2.75, 3.05) is 23.3 Å². The number of halogens is 1. The summed E-state index contributed by atoms with van der Waals surface area (Å²) in [7, 11) is 0. The Bertz CT molecular complexity index is 1470. The Balaban J connectivity index is 1.55. The topological polar surface area (TPSA) is 85.0 Å². The summed E-state index contributed by atoms with van der Waals surface area (Å²) in [5, 5.41) is 12.7. The zero-order chi connectivity index (χ0) is 24.7. The van der Waals surface area contributed by atoms with Crippen molar-refractivity contribution < 1.29 is 9.18 Å². The summed E-state index contributed by atoms with van der Waals surface area (Å²) < 4.78 is 17.2. The van der Waals surface area contributed by atoms with Crippen LogP contribution in [-0.4, -0.2) is 38.6 Å². The fraction of sp³-hybridized carbons (Fsp3) is 0.308. The molecule has 0 spiro atoms. The van der Waals surface area contributed by atoms with Gasteiger partial charge in [-0.1, -0.05) is 19.1 Å². The molecule has 0 bridgehead atoms. The first kappa shape index (κ1) is 22.8. The fourth-order valence-electron chi connectivity index (χ4n) is 4.61. The van der Waals surface area contributed by atoms with Crippen LogP contribution >= 0.6 is 0 Å². The van der Waals surface area contributed by atoms with Crippen molar-refractivity contribution in [3.63, 3.8) is 0 Å². The quantitative estimate of drug-likeness (QED) is 0.463. The Morgan fingerprint density at radius 3 is 2.66 bits per heavy atom. The third-order valence-corrected chi connectivity index (χ3v) is 6.34. The maximum Gasteiger partial charge on any atom is 0.276 e. The number of hydrogen-bond donors (Lipinski definition) is 1. The number of benzene rings is 2. The molecule has 1 fully saturated rings. The van der Waals surface area contributed by atoms with Gasteiger partial charge < -0.3 is 10.2 Å². The van der Waals surface area contributed by atoms with Gasteiger partial charge in [-0.15, -0.1) is 0 Å². The molecular weight excluding hydrogens is 447 g/mol. The lowest BCUT2D eigenvalue weighted by Gasteiger charge is -2.23. The number of anilines is 2. The Labute approximate surface area is 202 Å². The third-order valence-electron chi connectivity index (χ3n) is 6.34. The van der Waals surface area contributed by atoms with Gasteiger partial charge in [0.25, 0.3) is 11.5 Å². The molecule has 2 aromatic heterocycles. The second-order valence-corrected chi connectivity index (χ2v) is 9.29. The van der Waals surface area contributed by atoms with Gasteiger partial charge in [0.1, 0.15) is 17.2 Å². The first-order chi connectivity index (χ1) is 16.8. The molecule has 4 aromatic rings. The second-order valence-electron chi connectivity index (χ2n) is 9.29. The molecular formula is C26H27FN6O2. The highest BCUT2D eigenvalue weighted by atomic mass is 19.1. The molecule has 1 aliphatic heterocycles. The molecule has 180 valence electrons. The van der Waals surface area contributed by atoms with E-state index in [-0.39, 0.29) is 17.4 Å². The van der Waals surface area contributed by atoms with Gasteiger partial charge in [-0.05, 0) is 56.5 Å². The zero-order valence-corrected chi connectivity index (χ0v) is 19.9. The molecule has 1 amide bonds. The van der Waals surface area contributed by atoms with E-state index in [0.29, 0.717) is 11.6 Å². The molecule has 0 aliphatic carbocycles. The molecule has 0 unspecified atom stereocenters. The minimum absolute atomic E-state index is 0.00608. The molecule has 1 atom stereocenters. The standard InChI is InChI=1S/C26H27FN6O2/c1-16(2)32-22-10-8-20(25(18(22)14-28-32)31-13-12-17(3)15-31)29-26(35)21-9-11-24(34)33(30-21)23-7-5-4-6-19(23)27/h4-11,14,16-17H,12-13,15H2,1-3H3,(H,29,35)/t17-/m0/s1. The van der Waals surface area contributed by atoms with E-state index in [0.717, 1.165) is 40.8 Å². The second kappa shape index (κ2) is 8.98. The Hall–Kier alpha value is -4.01. The van der Waals surface area contributed by atoms with Crippen LogP contribution in [0.25, 0.3) is 16.6 Å². The van der Waals surface area contributed by atoms with E-state index in [2.05, 4.69) is 41.2 Å². The van der Waals surface area contributed by atoms with Crippen LogP contribution in [0.5, 0.6) is 0 Å². The maximum atomic E-state index is 14.3. The van der Waals surface area contributed by atoms with Crippen molar-refractivity contribution in [1.82, 2.24) is 19.6 Å². The van der Waals surface area contributed by atoms with Crippen LogP contribution in [0.1, 0.15) is 43.7 Å². The Morgan fingerprint density at radius 2 is 1.94 bits per heavy atom. The normalized spacial score (nSPS) is 15.8. The summed E-state index contributed by atoms with van der Waals surface area (Å²) in [6.07, 6.45) is 2.91. The van der Waals surface area contributed by atoms with E-state index in [9.17, 15) is 14.0 Å².